The average molecular weight is 484 g/mol. The number of likely N-dealkylation sites (tertiary alicyclic amines) is 1. The summed E-state index contributed by atoms with van der Waals surface area (Å²) in [6, 6.07) is 13.4. The molecule has 2 aromatic carbocycles. The zero-order chi connectivity index (χ0) is 25.2. The maximum atomic E-state index is 15.0. The molecule has 2 N–H and O–H groups in total. The first-order valence-corrected chi connectivity index (χ1v) is 11.4. The Balaban J connectivity index is 1.38. The van der Waals surface area contributed by atoms with E-state index in [2.05, 4.69) is 21.4 Å². The monoisotopic (exact) mass is 484 g/mol. The minimum Gasteiger partial charge on any atom is -0.465 e. The summed E-state index contributed by atoms with van der Waals surface area (Å²) in [4.78, 5) is 34.0. The lowest BCUT2D eigenvalue weighted by Crippen LogP contribution is -2.46. The molecule has 0 spiro atoms. The van der Waals surface area contributed by atoms with E-state index in [4.69, 9.17) is 10.4 Å². The zero-order valence-electron chi connectivity index (χ0n) is 19.1. The molecule has 2 aromatic heterocycles. The number of hydrogen-bond acceptors (Lipinski definition) is 5. The van der Waals surface area contributed by atoms with E-state index < -0.39 is 17.8 Å². The van der Waals surface area contributed by atoms with E-state index in [1.54, 1.807) is 36.8 Å². The van der Waals surface area contributed by atoms with Gasteiger partial charge in [0.25, 0.3) is 5.91 Å². The summed E-state index contributed by atoms with van der Waals surface area (Å²) < 4.78 is 16.9. The minimum absolute atomic E-state index is 0.0367. The number of nitrogens with one attached hydrogen (secondary N) is 1. The smallest absolute Gasteiger partial charge is 0.404 e. The number of rotatable bonds is 4. The highest BCUT2D eigenvalue weighted by molar-refractivity contribution is 5.95. The highest BCUT2D eigenvalue weighted by atomic mass is 19.1. The molecule has 0 aliphatic carbocycles. The van der Waals surface area contributed by atoms with Crippen molar-refractivity contribution in [3.05, 3.63) is 78.0 Å². The summed E-state index contributed by atoms with van der Waals surface area (Å²) in [5.74, 6) is -1.07. The van der Waals surface area contributed by atoms with Crippen molar-refractivity contribution in [1.29, 1.82) is 5.26 Å². The lowest BCUT2D eigenvalue weighted by molar-refractivity contribution is 0.0701. The van der Waals surface area contributed by atoms with E-state index in [0.717, 1.165) is 11.3 Å². The molecule has 0 bridgehead atoms. The topological polar surface area (TPSA) is 124 Å². The molecule has 1 aliphatic rings. The van der Waals surface area contributed by atoms with Crippen molar-refractivity contribution < 1.29 is 19.1 Å². The SMILES string of the molecule is N#Cc1ccc(-c2cnc3cnc(-c4ccc(C(=O)N5CCC(NC(=O)O)CC5)c(F)c4)cn23)cc1. The average Bonchev–Trinajstić information content (AvgIpc) is 3.32. The number of amides is 2. The Bertz CT molecular complexity index is 1500. The first kappa shape index (κ1) is 23.0. The highest BCUT2D eigenvalue weighted by Crippen LogP contribution is 2.26. The van der Waals surface area contributed by atoms with Crippen LogP contribution in [-0.2, 0) is 0 Å². The second-order valence-electron chi connectivity index (χ2n) is 8.54. The molecular formula is C26H21FN6O3. The van der Waals surface area contributed by atoms with Gasteiger partial charge in [-0.15, -0.1) is 0 Å². The van der Waals surface area contributed by atoms with Crippen LogP contribution in [0.15, 0.2) is 61.1 Å². The van der Waals surface area contributed by atoms with Gasteiger partial charge in [0, 0.05) is 36.5 Å². The van der Waals surface area contributed by atoms with E-state index >= 15 is 4.39 Å². The fourth-order valence-corrected chi connectivity index (χ4v) is 4.39. The Labute approximate surface area is 205 Å². The van der Waals surface area contributed by atoms with Crippen LogP contribution >= 0.6 is 0 Å². The van der Waals surface area contributed by atoms with Gasteiger partial charge in [-0.05, 0) is 37.1 Å². The molecule has 0 saturated carbocycles. The van der Waals surface area contributed by atoms with Crippen molar-refractivity contribution in [1.82, 2.24) is 24.6 Å². The molecule has 9 nitrogen and oxygen atoms in total. The van der Waals surface area contributed by atoms with Crippen molar-refractivity contribution in [2.24, 2.45) is 0 Å². The molecule has 36 heavy (non-hydrogen) atoms. The molecule has 3 heterocycles. The summed E-state index contributed by atoms with van der Waals surface area (Å²) in [6.45, 7) is 0.698. The number of nitriles is 1. The van der Waals surface area contributed by atoms with Gasteiger partial charge in [-0.3, -0.25) is 14.2 Å². The summed E-state index contributed by atoms with van der Waals surface area (Å²) >= 11 is 0. The van der Waals surface area contributed by atoms with Crippen LogP contribution in [-0.4, -0.2) is 55.5 Å². The molecular weight excluding hydrogens is 463 g/mol. The van der Waals surface area contributed by atoms with Crippen molar-refractivity contribution in [2.45, 2.75) is 18.9 Å². The number of hydrogen-bond donors (Lipinski definition) is 2. The molecule has 1 fully saturated rings. The lowest BCUT2D eigenvalue weighted by atomic mass is 10.0. The minimum atomic E-state index is -1.09. The molecule has 0 unspecified atom stereocenters. The summed E-state index contributed by atoms with van der Waals surface area (Å²) in [7, 11) is 0. The second-order valence-corrected chi connectivity index (χ2v) is 8.54. The number of benzene rings is 2. The largest absolute Gasteiger partial charge is 0.465 e. The van der Waals surface area contributed by atoms with E-state index in [1.165, 1.54) is 17.0 Å². The van der Waals surface area contributed by atoms with Gasteiger partial charge in [0.05, 0.1) is 41.0 Å². The number of piperidine rings is 1. The fraction of sp³-hybridized carbons (Fsp3) is 0.192. The van der Waals surface area contributed by atoms with Crippen molar-refractivity contribution >= 4 is 17.6 Å². The third-order valence-corrected chi connectivity index (χ3v) is 6.31. The molecule has 1 saturated heterocycles. The first-order valence-electron chi connectivity index (χ1n) is 11.4. The highest BCUT2D eigenvalue weighted by Gasteiger charge is 2.26. The van der Waals surface area contributed by atoms with Crippen molar-refractivity contribution in [2.75, 3.05) is 13.1 Å². The van der Waals surface area contributed by atoms with Gasteiger partial charge in [-0.25, -0.2) is 14.2 Å². The van der Waals surface area contributed by atoms with E-state index in [1.807, 2.05) is 16.5 Å². The number of carboxylic acid groups (broad SMARTS) is 1. The molecule has 4 aromatic rings. The second kappa shape index (κ2) is 9.46. The molecule has 1 aliphatic heterocycles. The van der Waals surface area contributed by atoms with Crippen LogP contribution in [0.5, 0.6) is 0 Å². The number of fused-ring (bicyclic) bond motifs is 1. The van der Waals surface area contributed by atoms with E-state index in [-0.39, 0.29) is 11.6 Å². The molecule has 10 heteroatoms. The quantitative estimate of drug-likeness (QED) is 0.452. The van der Waals surface area contributed by atoms with Crippen molar-refractivity contribution in [3.8, 4) is 28.6 Å². The molecule has 5 rings (SSSR count). The molecule has 0 atom stereocenters. The maximum absolute atomic E-state index is 15.0. The number of carbonyl (C=O) groups excluding carboxylic acids is 1. The van der Waals surface area contributed by atoms with Crippen LogP contribution in [0.2, 0.25) is 0 Å². The molecule has 0 radical (unpaired) electrons. The van der Waals surface area contributed by atoms with E-state index in [0.29, 0.717) is 48.4 Å². The number of aromatic nitrogens is 3. The Morgan fingerprint density at radius 2 is 1.78 bits per heavy atom. The fourth-order valence-electron chi connectivity index (χ4n) is 4.39. The van der Waals surface area contributed by atoms with Crippen LogP contribution < -0.4 is 5.32 Å². The van der Waals surface area contributed by atoms with E-state index in [9.17, 15) is 9.59 Å². The van der Waals surface area contributed by atoms with Crippen LogP contribution in [0.1, 0.15) is 28.8 Å². The van der Waals surface area contributed by atoms with Gasteiger partial charge in [0.2, 0.25) is 0 Å². The summed E-state index contributed by atoms with van der Waals surface area (Å²) in [5, 5.41) is 20.3. The van der Waals surface area contributed by atoms with Crippen LogP contribution in [0.4, 0.5) is 9.18 Å². The standard InChI is InChI=1S/C26H21FN6O3/c27-21-11-18(5-6-20(21)25(34)32-9-7-19(8-10-32)31-26(35)36)22-15-33-23(13-30-24(33)14-29-22)17-3-1-16(12-28)2-4-17/h1-6,11,13-15,19,31H,7-10H2,(H,35,36). The number of halogens is 1. The number of imidazole rings is 1. The van der Waals surface area contributed by atoms with Gasteiger partial charge >= 0.3 is 6.09 Å². The Kier molecular flexibility index (Phi) is 6.04. The van der Waals surface area contributed by atoms with Crippen LogP contribution in [0.25, 0.3) is 28.2 Å². The van der Waals surface area contributed by atoms with Gasteiger partial charge in [0.1, 0.15) is 5.82 Å². The predicted octanol–water partition coefficient (Wildman–Crippen LogP) is 3.95. The summed E-state index contributed by atoms with van der Waals surface area (Å²) in [6.07, 6.45) is 4.93. The first-order chi connectivity index (χ1) is 17.4. The van der Waals surface area contributed by atoms with Gasteiger partial charge in [0.15, 0.2) is 5.65 Å². The van der Waals surface area contributed by atoms with Gasteiger partial charge in [-0.2, -0.15) is 5.26 Å². The maximum Gasteiger partial charge on any atom is 0.404 e. The van der Waals surface area contributed by atoms with Gasteiger partial charge in [-0.1, -0.05) is 18.2 Å². The third kappa shape index (κ3) is 4.46. The van der Waals surface area contributed by atoms with Gasteiger partial charge < -0.3 is 15.3 Å². The summed E-state index contributed by atoms with van der Waals surface area (Å²) in [5.41, 5.74) is 3.82. The molecule has 180 valence electrons. The molecule has 2 amide bonds. The predicted molar refractivity (Wildman–Crippen MR) is 129 cm³/mol. The van der Waals surface area contributed by atoms with Crippen LogP contribution in [0.3, 0.4) is 0 Å². The lowest BCUT2D eigenvalue weighted by Gasteiger charge is -2.32. The number of nitrogens with zero attached hydrogens (tertiary/aromatic N) is 5. The van der Waals surface area contributed by atoms with Crippen molar-refractivity contribution in [3.63, 3.8) is 0 Å². The third-order valence-electron chi connectivity index (χ3n) is 6.31. The normalized spacial score (nSPS) is 13.9. The zero-order valence-corrected chi connectivity index (χ0v) is 19.1. The number of carbonyl (C=O) groups is 2. The Morgan fingerprint density at radius 1 is 1.06 bits per heavy atom. The Morgan fingerprint density at radius 3 is 2.44 bits per heavy atom. The van der Waals surface area contributed by atoms with Crippen LogP contribution in [0, 0.1) is 17.1 Å². The Hall–Kier alpha value is -4.78.